The third-order valence-corrected chi connectivity index (χ3v) is 5.16. The molecule has 5 heteroatoms. The summed E-state index contributed by atoms with van der Waals surface area (Å²) in [6.45, 7) is 7.35. The first kappa shape index (κ1) is 17.5. The van der Waals surface area contributed by atoms with Crippen LogP contribution in [0.1, 0.15) is 35.9 Å². The van der Waals surface area contributed by atoms with Gasteiger partial charge in [0.1, 0.15) is 13.2 Å². The van der Waals surface area contributed by atoms with Gasteiger partial charge in [0.05, 0.1) is 6.04 Å². The molecule has 1 aliphatic rings. The third-order valence-electron chi connectivity index (χ3n) is 4.18. The van der Waals surface area contributed by atoms with Gasteiger partial charge < -0.3 is 14.8 Å². The van der Waals surface area contributed by atoms with Gasteiger partial charge in [-0.1, -0.05) is 19.9 Å². The van der Waals surface area contributed by atoms with Crippen molar-refractivity contribution in [3.8, 4) is 11.5 Å². The van der Waals surface area contributed by atoms with Crippen LogP contribution in [0.5, 0.6) is 11.5 Å². The first-order valence-electron chi connectivity index (χ1n) is 8.47. The summed E-state index contributed by atoms with van der Waals surface area (Å²) in [5, 5.41) is 5.13. The Morgan fingerprint density at radius 3 is 2.64 bits per heavy atom. The largest absolute Gasteiger partial charge is 0.486 e. The SMILES string of the molecule is Cc1ccsc1/C=C/C(=O)N[C@@H](c1ccc2c(c1)OCCO2)C(C)C. The molecule has 0 fully saturated rings. The smallest absolute Gasteiger partial charge is 0.244 e. The Morgan fingerprint density at radius 2 is 1.96 bits per heavy atom. The molecule has 132 valence electrons. The second-order valence-corrected chi connectivity index (χ2v) is 7.38. The normalized spacial score (nSPS) is 14.7. The number of thiophene rings is 1. The molecule has 25 heavy (non-hydrogen) atoms. The van der Waals surface area contributed by atoms with Crippen LogP contribution in [0.25, 0.3) is 6.08 Å². The minimum absolute atomic E-state index is 0.0857. The first-order valence-corrected chi connectivity index (χ1v) is 9.35. The molecule has 0 unspecified atom stereocenters. The van der Waals surface area contributed by atoms with E-state index in [0.717, 1.165) is 21.9 Å². The highest BCUT2D eigenvalue weighted by atomic mass is 32.1. The average molecular weight is 357 g/mol. The standard InChI is InChI=1S/C20H23NO3S/c1-13(2)20(15-4-5-16-17(12-15)24-10-9-23-16)21-19(22)7-6-18-14(3)8-11-25-18/h4-8,11-13,20H,9-10H2,1-3H3,(H,21,22)/b7-6+/t20-/m1/s1. The van der Waals surface area contributed by atoms with E-state index in [-0.39, 0.29) is 17.9 Å². The summed E-state index contributed by atoms with van der Waals surface area (Å²) in [5.74, 6) is 1.66. The number of benzene rings is 1. The van der Waals surface area contributed by atoms with Crippen LogP contribution in [0.3, 0.4) is 0 Å². The Labute approximate surface area is 152 Å². The highest BCUT2D eigenvalue weighted by Crippen LogP contribution is 2.34. The molecule has 1 amide bonds. The van der Waals surface area contributed by atoms with Gasteiger partial charge in [0.2, 0.25) is 5.91 Å². The van der Waals surface area contributed by atoms with Crippen LogP contribution in [0.4, 0.5) is 0 Å². The lowest BCUT2D eigenvalue weighted by Crippen LogP contribution is -2.30. The number of carbonyl (C=O) groups is 1. The Balaban J connectivity index is 1.74. The van der Waals surface area contributed by atoms with Crippen LogP contribution >= 0.6 is 11.3 Å². The zero-order valence-corrected chi connectivity index (χ0v) is 15.6. The molecule has 4 nitrogen and oxygen atoms in total. The van der Waals surface area contributed by atoms with Crippen LogP contribution < -0.4 is 14.8 Å². The van der Waals surface area contributed by atoms with Gasteiger partial charge in [-0.3, -0.25) is 4.79 Å². The van der Waals surface area contributed by atoms with E-state index < -0.39 is 0 Å². The number of hydrogen-bond acceptors (Lipinski definition) is 4. The number of amides is 1. The van der Waals surface area contributed by atoms with E-state index in [1.807, 2.05) is 42.6 Å². The quantitative estimate of drug-likeness (QED) is 0.809. The minimum atomic E-state index is -0.0959. The van der Waals surface area contributed by atoms with E-state index in [1.165, 1.54) is 5.56 Å². The summed E-state index contributed by atoms with van der Waals surface area (Å²) in [6.07, 6.45) is 3.47. The number of nitrogens with one attached hydrogen (secondary N) is 1. The van der Waals surface area contributed by atoms with Gasteiger partial charge in [0, 0.05) is 11.0 Å². The molecule has 0 radical (unpaired) electrons. The molecule has 0 spiro atoms. The number of aryl methyl sites for hydroxylation is 1. The van der Waals surface area contributed by atoms with Crippen molar-refractivity contribution in [3.05, 3.63) is 51.7 Å². The van der Waals surface area contributed by atoms with Crippen molar-refractivity contribution < 1.29 is 14.3 Å². The number of fused-ring (bicyclic) bond motifs is 1. The Kier molecular flexibility index (Phi) is 5.43. The minimum Gasteiger partial charge on any atom is -0.486 e. The van der Waals surface area contributed by atoms with Crippen molar-refractivity contribution in [1.29, 1.82) is 0 Å². The Morgan fingerprint density at radius 1 is 1.20 bits per heavy atom. The molecule has 1 aliphatic heterocycles. The van der Waals surface area contributed by atoms with Crippen molar-refractivity contribution >= 4 is 23.3 Å². The predicted octanol–water partition coefficient (Wildman–Crippen LogP) is 4.35. The number of hydrogen-bond donors (Lipinski definition) is 1. The fraction of sp³-hybridized carbons (Fsp3) is 0.350. The molecular formula is C20H23NO3S. The van der Waals surface area contributed by atoms with Crippen molar-refractivity contribution in [2.75, 3.05) is 13.2 Å². The lowest BCUT2D eigenvalue weighted by molar-refractivity contribution is -0.117. The van der Waals surface area contributed by atoms with E-state index in [9.17, 15) is 4.79 Å². The van der Waals surface area contributed by atoms with E-state index in [0.29, 0.717) is 13.2 Å². The van der Waals surface area contributed by atoms with Crippen LogP contribution in [0.15, 0.2) is 35.7 Å². The van der Waals surface area contributed by atoms with Crippen molar-refractivity contribution in [1.82, 2.24) is 5.32 Å². The van der Waals surface area contributed by atoms with Gasteiger partial charge in [-0.25, -0.2) is 0 Å². The molecule has 2 aromatic rings. The second kappa shape index (κ2) is 7.74. The monoisotopic (exact) mass is 357 g/mol. The third kappa shape index (κ3) is 4.23. The Hall–Kier alpha value is -2.27. The number of ether oxygens (including phenoxy) is 2. The molecule has 0 saturated carbocycles. The zero-order valence-electron chi connectivity index (χ0n) is 14.7. The fourth-order valence-electron chi connectivity index (χ4n) is 2.80. The lowest BCUT2D eigenvalue weighted by Gasteiger charge is -2.25. The summed E-state index contributed by atoms with van der Waals surface area (Å²) in [6, 6.07) is 7.83. The van der Waals surface area contributed by atoms with Crippen molar-refractivity contribution in [2.24, 2.45) is 5.92 Å². The fourth-order valence-corrected chi connectivity index (χ4v) is 3.62. The summed E-state index contributed by atoms with van der Waals surface area (Å²) in [5.41, 5.74) is 2.20. The van der Waals surface area contributed by atoms with Crippen LogP contribution in [-0.4, -0.2) is 19.1 Å². The number of rotatable bonds is 5. The maximum Gasteiger partial charge on any atom is 0.244 e. The summed E-state index contributed by atoms with van der Waals surface area (Å²) in [7, 11) is 0. The van der Waals surface area contributed by atoms with Gasteiger partial charge in [0.15, 0.2) is 11.5 Å². The summed E-state index contributed by atoms with van der Waals surface area (Å²) in [4.78, 5) is 13.5. The topological polar surface area (TPSA) is 47.6 Å². The van der Waals surface area contributed by atoms with Gasteiger partial charge in [-0.2, -0.15) is 0 Å². The van der Waals surface area contributed by atoms with E-state index >= 15 is 0 Å². The molecule has 1 aromatic carbocycles. The van der Waals surface area contributed by atoms with Crippen molar-refractivity contribution in [3.63, 3.8) is 0 Å². The van der Waals surface area contributed by atoms with Crippen LogP contribution in [0, 0.1) is 12.8 Å². The highest BCUT2D eigenvalue weighted by molar-refractivity contribution is 7.11. The lowest BCUT2D eigenvalue weighted by atomic mass is 9.95. The van der Waals surface area contributed by atoms with Gasteiger partial charge >= 0.3 is 0 Å². The van der Waals surface area contributed by atoms with Gasteiger partial charge in [-0.05, 0) is 53.6 Å². The molecule has 0 saturated heterocycles. The summed E-state index contributed by atoms with van der Waals surface area (Å²) < 4.78 is 11.2. The van der Waals surface area contributed by atoms with Crippen LogP contribution in [-0.2, 0) is 4.79 Å². The maximum atomic E-state index is 12.4. The molecule has 3 rings (SSSR count). The maximum absolute atomic E-state index is 12.4. The van der Waals surface area contributed by atoms with E-state index in [4.69, 9.17) is 9.47 Å². The second-order valence-electron chi connectivity index (χ2n) is 6.43. The first-order chi connectivity index (χ1) is 12.0. The van der Waals surface area contributed by atoms with Crippen molar-refractivity contribution in [2.45, 2.75) is 26.8 Å². The van der Waals surface area contributed by atoms with Gasteiger partial charge in [-0.15, -0.1) is 11.3 Å². The Bertz CT molecular complexity index is 779. The molecular weight excluding hydrogens is 334 g/mol. The highest BCUT2D eigenvalue weighted by Gasteiger charge is 2.20. The zero-order chi connectivity index (χ0) is 17.8. The van der Waals surface area contributed by atoms with E-state index in [2.05, 4.69) is 19.2 Å². The molecule has 0 bridgehead atoms. The summed E-state index contributed by atoms with van der Waals surface area (Å²) >= 11 is 1.63. The predicted molar refractivity (Wildman–Crippen MR) is 101 cm³/mol. The molecule has 1 aromatic heterocycles. The van der Waals surface area contributed by atoms with E-state index in [1.54, 1.807) is 17.4 Å². The number of carbonyl (C=O) groups excluding carboxylic acids is 1. The van der Waals surface area contributed by atoms with Gasteiger partial charge in [0.25, 0.3) is 0 Å². The molecule has 1 N–H and O–H groups in total. The molecule has 2 heterocycles. The molecule has 1 atom stereocenters. The average Bonchev–Trinajstić information content (AvgIpc) is 3.02. The van der Waals surface area contributed by atoms with Crippen LogP contribution in [0.2, 0.25) is 0 Å². The molecule has 0 aliphatic carbocycles.